The molecule has 0 N–H and O–H groups in total. The van der Waals surface area contributed by atoms with Gasteiger partial charge in [-0.05, 0) is 37.8 Å². The fourth-order valence-electron chi connectivity index (χ4n) is 3.82. The van der Waals surface area contributed by atoms with Gasteiger partial charge in [-0.2, -0.15) is 5.10 Å². The lowest BCUT2D eigenvalue weighted by atomic mass is 9.99. The first-order valence-corrected chi connectivity index (χ1v) is 9.85. The highest BCUT2D eigenvalue weighted by molar-refractivity contribution is 6.38. The van der Waals surface area contributed by atoms with Crippen molar-refractivity contribution in [3.8, 4) is 11.4 Å². The smallest absolute Gasteiger partial charge is 0.256 e. The van der Waals surface area contributed by atoms with Crippen LogP contribution in [0.4, 0.5) is 0 Å². The predicted molar refractivity (Wildman–Crippen MR) is 109 cm³/mol. The molecule has 3 aromatic rings. The van der Waals surface area contributed by atoms with Crippen LogP contribution in [0.25, 0.3) is 16.7 Å². The lowest BCUT2D eigenvalue weighted by Crippen LogP contribution is -2.39. The molecule has 3 heterocycles. The van der Waals surface area contributed by atoms with E-state index in [1.807, 2.05) is 36.1 Å². The van der Waals surface area contributed by atoms with Gasteiger partial charge in [0.25, 0.3) is 5.91 Å². The van der Waals surface area contributed by atoms with E-state index in [-0.39, 0.29) is 5.91 Å². The molecule has 4 rings (SSSR count). The Balaban J connectivity index is 1.78. The summed E-state index contributed by atoms with van der Waals surface area (Å²) in [5.74, 6) is 1.18. The van der Waals surface area contributed by atoms with Crippen LogP contribution in [0.15, 0.2) is 30.5 Å². The number of methoxy groups -OCH3 is 1. The molecule has 1 aliphatic heterocycles. The molecule has 7 heteroatoms. The van der Waals surface area contributed by atoms with Gasteiger partial charge in [0.15, 0.2) is 5.65 Å². The molecule has 1 aliphatic rings. The predicted octanol–water partition coefficient (Wildman–Crippen LogP) is 4.26. The number of nitrogens with zero attached hydrogens (tertiary/aromatic N) is 4. The van der Waals surface area contributed by atoms with Gasteiger partial charge in [0, 0.05) is 25.4 Å². The van der Waals surface area contributed by atoms with Gasteiger partial charge in [0.1, 0.15) is 5.75 Å². The van der Waals surface area contributed by atoms with Crippen LogP contribution in [0.2, 0.25) is 5.02 Å². The zero-order valence-electron chi connectivity index (χ0n) is 16.3. The van der Waals surface area contributed by atoms with Gasteiger partial charge >= 0.3 is 0 Å². The molecule has 0 aliphatic carbocycles. The molecule has 0 spiro atoms. The molecule has 1 fully saturated rings. The average Bonchev–Trinajstić information content (AvgIpc) is 3.05. The Morgan fingerprint density at radius 1 is 1.36 bits per heavy atom. The molecular formula is C21H23ClN4O2. The van der Waals surface area contributed by atoms with Crippen LogP contribution < -0.4 is 4.74 Å². The number of rotatable bonds is 3. The zero-order valence-corrected chi connectivity index (χ0v) is 17.0. The lowest BCUT2D eigenvalue weighted by molar-refractivity contribution is 0.0683. The van der Waals surface area contributed by atoms with Gasteiger partial charge in [-0.1, -0.05) is 24.6 Å². The standard InChI is InChI=1S/C21H23ClN4O2/c1-13-6-5-9-25(12-13)21(27)17-11-23-20-18(19(17)22)14(2)24-26(20)15-7-4-8-16(10-15)28-3/h4,7-8,10-11,13H,5-6,9,12H2,1-3H3/t13-/m0/s1. The first-order valence-electron chi connectivity index (χ1n) is 9.47. The molecule has 1 amide bonds. The average molecular weight is 399 g/mol. The SMILES string of the molecule is COc1cccc(-n2nc(C)c3c(Cl)c(C(=O)N4CCC[C@H](C)C4)cnc32)c1. The van der Waals surface area contributed by atoms with Crippen molar-refractivity contribution in [2.45, 2.75) is 26.7 Å². The molecule has 28 heavy (non-hydrogen) atoms. The minimum absolute atomic E-state index is 0.0560. The molecule has 146 valence electrons. The third-order valence-electron chi connectivity index (χ3n) is 5.28. The van der Waals surface area contributed by atoms with Crippen molar-refractivity contribution in [1.29, 1.82) is 0 Å². The summed E-state index contributed by atoms with van der Waals surface area (Å²) in [6.45, 7) is 5.57. The second-order valence-corrected chi connectivity index (χ2v) is 7.76. The number of aromatic nitrogens is 3. The monoisotopic (exact) mass is 398 g/mol. The van der Waals surface area contributed by atoms with Crippen molar-refractivity contribution >= 4 is 28.5 Å². The van der Waals surface area contributed by atoms with Crippen molar-refractivity contribution in [2.24, 2.45) is 5.92 Å². The minimum atomic E-state index is -0.0560. The fraction of sp³-hybridized carbons (Fsp3) is 0.381. The molecule has 1 atom stereocenters. The number of fused-ring (bicyclic) bond motifs is 1. The molecule has 0 radical (unpaired) electrons. The highest BCUT2D eigenvalue weighted by Gasteiger charge is 2.26. The highest BCUT2D eigenvalue weighted by atomic mass is 35.5. The van der Waals surface area contributed by atoms with Crippen LogP contribution in [0, 0.1) is 12.8 Å². The Labute approximate surface area is 169 Å². The molecular weight excluding hydrogens is 376 g/mol. The molecule has 1 aromatic carbocycles. The normalized spacial score (nSPS) is 17.1. The number of piperidine rings is 1. The maximum absolute atomic E-state index is 13.0. The van der Waals surface area contributed by atoms with E-state index in [0.29, 0.717) is 27.5 Å². The zero-order chi connectivity index (χ0) is 19.8. The molecule has 0 saturated carbocycles. The van der Waals surface area contributed by atoms with Crippen LogP contribution in [-0.2, 0) is 0 Å². The minimum Gasteiger partial charge on any atom is -0.497 e. The summed E-state index contributed by atoms with van der Waals surface area (Å²) in [6, 6.07) is 7.58. The van der Waals surface area contributed by atoms with Gasteiger partial charge in [0.2, 0.25) is 0 Å². The quantitative estimate of drug-likeness (QED) is 0.661. The number of pyridine rings is 1. The van der Waals surface area contributed by atoms with Gasteiger partial charge in [0.05, 0.1) is 34.5 Å². The van der Waals surface area contributed by atoms with Gasteiger partial charge in [-0.25, -0.2) is 9.67 Å². The highest BCUT2D eigenvalue weighted by Crippen LogP contribution is 2.32. The third-order valence-corrected chi connectivity index (χ3v) is 5.67. The first-order chi connectivity index (χ1) is 13.5. The van der Waals surface area contributed by atoms with E-state index in [9.17, 15) is 4.79 Å². The molecule has 2 aromatic heterocycles. The van der Waals surface area contributed by atoms with E-state index >= 15 is 0 Å². The Morgan fingerprint density at radius 3 is 2.93 bits per heavy atom. The summed E-state index contributed by atoms with van der Waals surface area (Å²) in [6.07, 6.45) is 3.75. The summed E-state index contributed by atoms with van der Waals surface area (Å²) in [5, 5.41) is 5.74. The van der Waals surface area contributed by atoms with Crippen molar-refractivity contribution in [1.82, 2.24) is 19.7 Å². The number of amides is 1. The summed E-state index contributed by atoms with van der Waals surface area (Å²) < 4.78 is 7.04. The van der Waals surface area contributed by atoms with Gasteiger partial charge in [-0.15, -0.1) is 0 Å². The molecule has 0 bridgehead atoms. The van der Waals surface area contributed by atoms with Gasteiger partial charge in [-0.3, -0.25) is 4.79 Å². The molecule has 6 nitrogen and oxygen atoms in total. The lowest BCUT2D eigenvalue weighted by Gasteiger charge is -2.31. The van der Waals surface area contributed by atoms with Crippen molar-refractivity contribution in [2.75, 3.05) is 20.2 Å². The first kappa shape index (κ1) is 18.7. The number of ether oxygens (including phenoxy) is 1. The Hall–Kier alpha value is -2.60. The maximum Gasteiger partial charge on any atom is 0.256 e. The second kappa shape index (κ2) is 7.43. The second-order valence-electron chi connectivity index (χ2n) is 7.38. The Morgan fingerprint density at radius 2 is 2.18 bits per heavy atom. The largest absolute Gasteiger partial charge is 0.497 e. The van der Waals surface area contributed by atoms with E-state index in [1.54, 1.807) is 18.0 Å². The van der Waals surface area contributed by atoms with Crippen molar-refractivity contribution < 1.29 is 9.53 Å². The van der Waals surface area contributed by atoms with Crippen LogP contribution >= 0.6 is 11.6 Å². The number of hydrogen-bond donors (Lipinski definition) is 0. The van der Waals surface area contributed by atoms with Crippen LogP contribution in [0.1, 0.15) is 35.8 Å². The summed E-state index contributed by atoms with van der Waals surface area (Å²) >= 11 is 6.69. The maximum atomic E-state index is 13.0. The number of carbonyl (C=O) groups excluding carboxylic acids is 1. The van der Waals surface area contributed by atoms with Crippen molar-refractivity contribution in [3.05, 3.63) is 46.7 Å². The summed E-state index contributed by atoms with van der Waals surface area (Å²) in [5.41, 5.74) is 2.62. The number of aryl methyl sites for hydroxylation is 1. The summed E-state index contributed by atoms with van der Waals surface area (Å²) in [4.78, 5) is 19.5. The Bertz CT molecular complexity index is 1050. The number of carbonyl (C=O) groups is 1. The third kappa shape index (κ3) is 3.22. The summed E-state index contributed by atoms with van der Waals surface area (Å²) in [7, 11) is 1.63. The van der Waals surface area contributed by atoms with E-state index in [0.717, 1.165) is 43.1 Å². The van der Waals surface area contributed by atoms with Crippen LogP contribution in [-0.4, -0.2) is 45.8 Å². The van der Waals surface area contributed by atoms with E-state index < -0.39 is 0 Å². The van der Waals surface area contributed by atoms with E-state index in [4.69, 9.17) is 16.3 Å². The van der Waals surface area contributed by atoms with Crippen LogP contribution in [0.3, 0.4) is 0 Å². The van der Waals surface area contributed by atoms with Gasteiger partial charge < -0.3 is 9.64 Å². The molecule has 1 saturated heterocycles. The number of halogens is 1. The number of likely N-dealkylation sites (tertiary alicyclic amines) is 1. The van der Waals surface area contributed by atoms with Crippen LogP contribution in [0.5, 0.6) is 5.75 Å². The topological polar surface area (TPSA) is 60.3 Å². The number of hydrogen-bond acceptors (Lipinski definition) is 4. The van der Waals surface area contributed by atoms with E-state index in [1.165, 1.54) is 0 Å². The fourth-order valence-corrected chi connectivity index (χ4v) is 4.17. The van der Waals surface area contributed by atoms with Crippen molar-refractivity contribution in [3.63, 3.8) is 0 Å². The van der Waals surface area contributed by atoms with E-state index in [2.05, 4.69) is 17.0 Å². The number of benzene rings is 1. The molecule has 0 unspecified atom stereocenters. The Kier molecular flexibility index (Phi) is 4.98.